The maximum absolute atomic E-state index is 12.3. The van der Waals surface area contributed by atoms with Gasteiger partial charge in [-0.3, -0.25) is 4.79 Å². The second-order valence-electron chi connectivity index (χ2n) is 6.38. The highest BCUT2D eigenvalue weighted by Gasteiger charge is 2.10. The van der Waals surface area contributed by atoms with Crippen molar-refractivity contribution in [2.45, 2.75) is 6.54 Å². The summed E-state index contributed by atoms with van der Waals surface area (Å²) in [6, 6.07) is 26.9. The molecule has 0 atom stereocenters. The molecule has 5 nitrogen and oxygen atoms in total. The van der Waals surface area contributed by atoms with Crippen molar-refractivity contribution in [1.29, 1.82) is 0 Å². The van der Waals surface area contributed by atoms with Crippen LogP contribution in [0.15, 0.2) is 108 Å². The molecule has 1 N–H and O–H groups in total. The zero-order valence-corrected chi connectivity index (χ0v) is 15.2. The van der Waals surface area contributed by atoms with Crippen LogP contribution in [0.5, 0.6) is 0 Å². The second kappa shape index (κ2) is 8.22. The zero-order chi connectivity index (χ0) is 19.2. The van der Waals surface area contributed by atoms with Crippen molar-refractivity contribution in [3.8, 4) is 0 Å². The summed E-state index contributed by atoms with van der Waals surface area (Å²) in [5.74, 6) is -0.0843. The van der Waals surface area contributed by atoms with Gasteiger partial charge in [0.1, 0.15) is 0 Å². The van der Waals surface area contributed by atoms with Crippen molar-refractivity contribution in [2.75, 3.05) is 5.32 Å². The quantitative estimate of drug-likeness (QED) is 0.383. The van der Waals surface area contributed by atoms with Gasteiger partial charge < -0.3 is 5.32 Å². The van der Waals surface area contributed by atoms with E-state index in [9.17, 15) is 4.79 Å². The molecule has 4 rings (SSSR count). The fraction of sp³-hybridized carbons (Fsp3) is 0.0435. The van der Waals surface area contributed by atoms with Gasteiger partial charge in [0, 0.05) is 17.1 Å². The maximum Gasteiger partial charge on any atom is 0.290 e. The summed E-state index contributed by atoms with van der Waals surface area (Å²) in [5.41, 5.74) is 2.25. The van der Waals surface area contributed by atoms with E-state index in [-0.39, 0.29) is 12.5 Å². The van der Waals surface area contributed by atoms with E-state index in [1.54, 1.807) is 0 Å². The fourth-order valence-electron chi connectivity index (χ4n) is 2.86. The van der Waals surface area contributed by atoms with Crippen LogP contribution in [0.3, 0.4) is 0 Å². The number of carbonyl (C=O) groups is 1. The molecule has 0 radical (unpaired) electrons. The Kier molecular flexibility index (Phi) is 5.15. The third kappa shape index (κ3) is 4.45. The molecule has 3 aromatic carbocycles. The van der Waals surface area contributed by atoms with Crippen molar-refractivity contribution >= 4 is 33.7 Å². The lowest BCUT2D eigenvalue weighted by atomic mass is 10.2. The first-order valence-corrected chi connectivity index (χ1v) is 9.01. The number of fused-ring (bicyclic) bond motifs is 1. The monoisotopic (exact) mass is 367 g/mol. The molecule has 1 amide bonds. The lowest BCUT2D eigenvalue weighted by Crippen LogP contribution is -2.39. The minimum Gasteiger partial charge on any atom is -0.321 e. The molecule has 28 heavy (non-hydrogen) atoms. The Morgan fingerprint density at radius 1 is 0.750 bits per heavy atom. The van der Waals surface area contributed by atoms with Crippen LogP contribution in [0.1, 0.15) is 0 Å². The van der Waals surface area contributed by atoms with Crippen LogP contribution in [0.2, 0.25) is 0 Å². The average Bonchev–Trinajstić information content (AvgIpc) is 2.74. The lowest BCUT2D eigenvalue weighted by molar-refractivity contribution is -0.682. The Labute approximate surface area is 163 Å². The molecule has 0 spiro atoms. The smallest absolute Gasteiger partial charge is 0.290 e. The van der Waals surface area contributed by atoms with Crippen molar-refractivity contribution < 1.29 is 9.36 Å². The van der Waals surface area contributed by atoms with Crippen LogP contribution in [0.4, 0.5) is 17.1 Å². The summed E-state index contributed by atoms with van der Waals surface area (Å²) in [6.07, 6.45) is 3.89. The SMILES string of the molecule is O=C(C[n+]1ccc2ccccc2c1)Nc1ccc(N=Nc2ccccc2)cc1. The molecule has 0 unspecified atom stereocenters. The Morgan fingerprint density at radius 3 is 2.14 bits per heavy atom. The summed E-state index contributed by atoms with van der Waals surface area (Å²) >= 11 is 0. The summed E-state index contributed by atoms with van der Waals surface area (Å²) in [7, 11) is 0. The van der Waals surface area contributed by atoms with Crippen LogP contribution in [0, 0.1) is 0 Å². The number of hydrogen-bond donors (Lipinski definition) is 1. The predicted octanol–water partition coefficient (Wildman–Crippen LogP) is 5.18. The van der Waals surface area contributed by atoms with Gasteiger partial charge in [0.15, 0.2) is 12.4 Å². The van der Waals surface area contributed by atoms with E-state index in [1.165, 1.54) is 0 Å². The van der Waals surface area contributed by atoms with Crippen molar-refractivity contribution in [2.24, 2.45) is 10.2 Å². The number of rotatable bonds is 5. The molecule has 0 aliphatic rings. The molecule has 0 aliphatic heterocycles. The molecule has 1 heterocycles. The third-order valence-electron chi connectivity index (χ3n) is 4.26. The molecule has 5 heteroatoms. The molecule has 1 aromatic heterocycles. The van der Waals surface area contributed by atoms with Crippen LogP contribution < -0.4 is 9.88 Å². The fourth-order valence-corrected chi connectivity index (χ4v) is 2.86. The first-order chi connectivity index (χ1) is 13.8. The van der Waals surface area contributed by atoms with Gasteiger partial charge in [0.25, 0.3) is 5.91 Å². The van der Waals surface area contributed by atoms with Gasteiger partial charge in [0.2, 0.25) is 6.54 Å². The van der Waals surface area contributed by atoms with E-state index in [1.807, 2.05) is 95.8 Å². The van der Waals surface area contributed by atoms with Crippen LogP contribution in [-0.2, 0) is 11.3 Å². The van der Waals surface area contributed by atoms with Gasteiger partial charge >= 0.3 is 0 Å². The predicted molar refractivity (Wildman–Crippen MR) is 110 cm³/mol. The molecular weight excluding hydrogens is 348 g/mol. The standard InChI is InChI=1S/C23H18N4O/c28-23(17-27-15-14-18-6-4-5-7-19(18)16-27)24-20-10-12-22(13-11-20)26-25-21-8-2-1-3-9-21/h1-16H,17H2/p+1. The number of amides is 1. The number of benzene rings is 3. The van der Waals surface area contributed by atoms with Crippen LogP contribution in [0.25, 0.3) is 10.8 Å². The normalized spacial score (nSPS) is 11.0. The van der Waals surface area contributed by atoms with E-state index in [4.69, 9.17) is 0 Å². The number of pyridine rings is 1. The molecule has 0 saturated carbocycles. The highest BCUT2D eigenvalue weighted by atomic mass is 16.1. The topological polar surface area (TPSA) is 57.7 Å². The molecule has 0 aliphatic carbocycles. The summed E-state index contributed by atoms with van der Waals surface area (Å²) < 4.78 is 1.88. The van der Waals surface area contributed by atoms with Gasteiger partial charge in [-0.05, 0) is 47.9 Å². The Morgan fingerprint density at radius 2 is 1.39 bits per heavy atom. The van der Waals surface area contributed by atoms with Crippen LogP contribution in [-0.4, -0.2) is 5.91 Å². The molecular formula is C23H19N4O+. The number of hydrogen-bond acceptors (Lipinski definition) is 3. The zero-order valence-electron chi connectivity index (χ0n) is 15.2. The Hall–Kier alpha value is -3.86. The first-order valence-electron chi connectivity index (χ1n) is 9.01. The average molecular weight is 367 g/mol. The van der Waals surface area contributed by atoms with E-state index in [0.29, 0.717) is 0 Å². The number of carbonyl (C=O) groups excluding carboxylic acids is 1. The molecule has 136 valence electrons. The van der Waals surface area contributed by atoms with Crippen molar-refractivity contribution in [3.63, 3.8) is 0 Å². The van der Waals surface area contributed by atoms with Gasteiger partial charge in [-0.2, -0.15) is 14.8 Å². The summed E-state index contributed by atoms with van der Waals surface area (Å²) in [5, 5.41) is 13.5. The number of nitrogens with one attached hydrogen (secondary N) is 1. The highest BCUT2D eigenvalue weighted by Crippen LogP contribution is 2.20. The van der Waals surface area contributed by atoms with E-state index < -0.39 is 0 Å². The maximum atomic E-state index is 12.3. The molecule has 0 saturated heterocycles. The Balaban J connectivity index is 1.38. The molecule has 4 aromatic rings. The first kappa shape index (κ1) is 17.5. The Bertz CT molecular complexity index is 1120. The molecule has 0 fully saturated rings. The van der Waals surface area contributed by atoms with E-state index in [0.717, 1.165) is 27.8 Å². The van der Waals surface area contributed by atoms with Crippen LogP contribution >= 0.6 is 0 Å². The van der Waals surface area contributed by atoms with Gasteiger partial charge in [-0.25, -0.2) is 0 Å². The number of nitrogens with zero attached hydrogens (tertiary/aromatic N) is 3. The number of aromatic nitrogens is 1. The van der Waals surface area contributed by atoms with Gasteiger partial charge in [-0.15, -0.1) is 0 Å². The van der Waals surface area contributed by atoms with Crippen molar-refractivity contribution in [3.05, 3.63) is 97.3 Å². The second-order valence-corrected chi connectivity index (χ2v) is 6.38. The lowest BCUT2D eigenvalue weighted by Gasteiger charge is -2.04. The third-order valence-corrected chi connectivity index (χ3v) is 4.26. The molecule has 0 bridgehead atoms. The number of anilines is 1. The summed E-state index contributed by atoms with van der Waals surface area (Å²) in [4.78, 5) is 12.3. The van der Waals surface area contributed by atoms with E-state index in [2.05, 4.69) is 21.6 Å². The minimum atomic E-state index is -0.0843. The van der Waals surface area contributed by atoms with Gasteiger partial charge in [-0.1, -0.05) is 36.4 Å². The van der Waals surface area contributed by atoms with Crippen molar-refractivity contribution in [1.82, 2.24) is 0 Å². The number of azo groups is 1. The van der Waals surface area contributed by atoms with E-state index >= 15 is 0 Å². The largest absolute Gasteiger partial charge is 0.321 e. The highest BCUT2D eigenvalue weighted by molar-refractivity contribution is 5.90. The summed E-state index contributed by atoms with van der Waals surface area (Å²) in [6.45, 7) is 0.250. The minimum absolute atomic E-state index is 0.0843. The van der Waals surface area contributed by atoms with Gasteiger partial charge in [0.05, 0.1) is 11.4 Å².